The number of rotatable bonds is 6. The van der Waals surface area contributed by atoms with Crippen LogP contribution in [0.3, 0.4) is 0 Å². The second-order valence-electron chi connectivity index (χ2n) is 6.02. The zero-order valence-electron chi connectivity index (χ0n) is 14.6. The van der Waals surface area contributed by atoms with Crippen LogP contribution >= 0.6 is 0 Å². The zero-order chi connectivity index (χ0) is 19.2. The Balaban J connectivity index is 1.75. The van der Waals surface area contributed by atoms with Crippen LogP contribution in [0.1, 0.15) is 33.3 Å². The third-order valence-electron chi connectivity index (χ3n) is 3.95. The van der Waals surface area contributed by atoms with Gasteiger partial charge < -0.3 is 14.5 Å². The summed E-state index contributed by atoms with van der Waals surface area (Å²) in [5.74, 6) is -1.56. The molecule has 0 saturated carbocycles. The fourth-order valence-electron chi connectivity index (χ4n) is 2.46. The van der Waals surface area contributed by atoms with E-state index in [-0.39, 0.29) is 18.1 Å². The van der Waals surface area contributed by atoms with Crippen LogP contribution in [0, 0.1) is 12.7 Å². The Morgan fingerprint density at radius 3 is 2.41 bits per heavy atom. The van der Waals surface area contributed by atoms with Crippen LogP contribution in [0.2, 0.25) is 0 Å². The number of furan rings is 1. The van der Waals surface area contributed by atoms with Crippen molar-refractivity contribution < 1.29 is 23.1 Å². The minimum atomic E-state index is -1.14. The molecule has 0 bridgehead atoms. The lowest BCUT2D eigenvalue weighted by atomic mass is 10.1. The molecule has 0 spiro atoms. The summed E-state index contributed by atoms with van der Waals surface area (Å²) in [6, 6.07) is 15.9. The van der Waals surface area contributed by atoms with Crippen LogP contribution in [0.5, 0.6) is 0 Å². The number of hydrogen-bond donors (Lipinski definition) is 1. The zero-order valence-corrected chi connectivity index (χ0v) is 14.6. The van der Waals surface area contributed by atoms with Gasteiger partial charge in [0.15, 0.2) is 0 Å². The number of halogens is 1. The summed E-state index contributed by atoms with van der Waals surface area (Å²) in [4.78, 5) is 24.9. The van der Waals surface area contributed by atoms with E-state index in [0.717, 1.165) is 11.1 Å². The lowest BCUT2D eigenvalue weighted by Crippen LogP contribution is -2.31. The van der Waals surface area contributed by atoms with E-state index in [0.29, 0.717) is 5.56 Å². The highest BCUT2D eigenvalue weighted by atomic mass is 19.1. The molecule has 0 fully saturated rings. The Morgan fingerprint density at radius 1 is 1.07 bits per heavy atom. The second kappa shape index (κ2) is 8.31. The molecular formula is C21H18FNO4. The molecule has 3 aromatic rings. The van der Waals surface area contributed by atoms with E-state index >= 15 is 0 Å². The first-order valence-electron chi connectivity index (χ1n) is 8.36. The Bertz CT molecular complexity index is 902. The van der Waals surface area contributed by atoms with Crippen LogP contribution in [-0.2, 0) is 16.1 Å². The predicted molar refractivity (Wildman–Crippen MR) is 96.3 cm³/mol. The minimum Gasteiger partial charge on any atom is -0.457 e. The standard InChI is InChI=1S/C21H18FNO4/c1-14-4-8-16(9-5-14)19(27-21(25)18-3-2-12-26-18)20(24)23-13-15-6-10-17(22)11-7-15/h2-12,19H,13H2,1H3,(H,23,24)/t19-/m1/s1. The van der Waals surface area contributed by atoms with Crippen molar-refractivity contribution in [3.05, 3.63) is 95.2 Å². The van der Waals surface area contributed by atoms with Gasteiger partial charge in [0.1, 0.15) is 5.82 Å². The number of esters is 1. The molecule has 2 aromatic carbocycles. The topological polar surface area (TPSA) is 68.5 Å². The Labute approximate surface area is 155 Å². The van der Waals surface area contributed by atoms with Gasteiger partial charge >= 0.3 is 5.97 Å². The SMILES string of the molecule is Cc1ccc([C@@H](OC(=O)c2ccco2)C(=O)NCc2ccc(F)cc2)cc1. The molecule has 1 amide bonds. The highest BCUT2D eigenvalue weighted by Gasteiger charge is 2.26. The molecule has 1 N–H and O–H groups in total. The van der Waals surface area contributed by atoms with E-state index in [1.165, 1.54) is 24.5 Å². The number of hydrogen-bond acceptors (Lipinski definition) is 4. The number of ether oxygens (including phenoxy) is 1. The highest BCUT2D eigenvalue weighted by molar-refractivity contribution is 5.90. The van der Waals surface area contributed by atoms with Crippen LogP contribution in [0.4, 0.5) is 4.39 Å². The van der Waals surface area contributed by atoms with Gasteiger partial charge in [-0.05, 0) is 36.8 Å². The Hall–Kier alpha value is -3.41. The maximum absolute atomic E-state index is 13.0. The lowest BCUT2D eigenvalue weighted by molar-refractivity contribution is -0.130. The van der Waals surface area contributed by atoms with Crippen LogP contribution in [0.15, 0.2) is 71.3 Å². The largest absolute Gasteiger partial charge is 0.457 e. The van der Waals surface area contributed by atoms with Crippen molar-refractivity contribution in [2.75, 3.05) is 0 Å². The van der Waals surface area contributed by atoms with Crippen LogP contribution < -0.4 is 5.32 Å². The summed E-state index contributed by atoms with van der Waals surface area (Å²) >= 11 is 0. The smallest absolute Gasteiger partial charge is 0.375 e. The van der Waals surface area contributed by atoms with Gasteiger partial charge in [0.05, 0.1) is 6.26 Å². The molecule has 0 aliphatic rings. The van der Waals surface area contributed by atoms with E-state index in [4.69, 9.17) is 9.15 Å². The number of aryl methyl sites for hydroxylation is 1. The molecule has 5 nitrogen and oxygen atoms in total. The molecule has 27 heavy (non-hydrogen) atoms. The van der Waals surface area contributed by atoms with E-state index in [1.54, 1.807) is 30.3 Å². The van der Waals surface area contributed by atoms with Crippen molar-refractivity contribution in [2.45, 2.75) is 19.6 Å². The maximum Gasteiger partial charge on any atom is 0.375 e. The number of amides is 1. The lowest BCUT2D eigenvalue weighted by Gasteiger charge is -2.18. The van der Waals surface area contributed by atoms with Gasteiger partial charge in [0.25, 0.3) is 5.91 Å². The molecule has 0 saturated heterocycles. The summed E-state index contributed by atoms with van der Waals surface area (Å²) in [6.07, 6.45) is 0.218. The fourth-order valence-corrected chi connectivity index (χ4v) is 2.46. The summed E-state index contributed by atoms with van der Waals surface area (Å²) in [7, 11) is 0. The fraction of sp³-hybridized carbons (Fsp3) is 0.143. The number of benzene rings is 2. The van der Waals surface area contributed by atoms with E-state index in [9.17, 15) is 14.0 Å². The van der Waals surface area contributed by atoms with Crippen molar-refractivity contribution in [1.29, 1.82) is 0 Å². The summed E-state index contributed by atoms with van der Waals surface area (Å²) in [6.45, 7) is 2.10. The first kappa shape index (κ1) is 18.4. The molecule has 3 rings (SSSR count). The normalized spacial score (nSPS) is 11.6. The number of carbonyl (C=O) groups is 2. The maximum atomic E-state index is 13.0. The van der Waals surface area contributed by atoms with Gasteiger partial charge in [-0.25, -0.2) is 9.18 Å². The number of nitrogens with one attached hydrogen (secondary N) is 1. The minimum absolute atomic E-state index is 0.0125. The summed E-state index contributed by atoms with van der Waals surface area (Å²) < 4.78 is 23.4. The van der Waals surface area contributed by atoms with Crippen molar-refractivity contribution in [2.24, 2.45) is 0 Å². The molecule has 0 aliphatic heterocycles. The van der Waals surface area contributed by atoms with E-state index in [2.05, 4.69) is 5.32 Å². The van der Waals surface area contributed by atoms with Crippen LogP contribution in [-0.4, -0.2) is 11.9 Å². The predicted octanol–water partition coefficient (Wildman–Crippen LogP) is 3.94. The summed E-state index contributed by atoms with van der Waals surface area (Å²) in [5.41, 5.74) is 2.28. The first-order valence-corrected chi connectivity index (χ1v) is 8.36. The summed E-state index contributed by atoms with van der Waals surface area (Å²) in [5, 5.41) is 2.71. The average Bonchev–Trinajstić information content (AvgIpc) is 3.21. The molecular weight excluding hydrogens is 349 g/mol. The molecule has 0 aliphatic carbocycles. The van der Waals surface area contributed by atoms with E-state index in [1.807, 2.05) is 19.1 Å². The monoisotopic (exact) mass is 367 g/mol. The van der Waals surface area contributed by atoms with E-state index < -0.39 is 18.0 Å². The first-order chi connectivity index (χ1) is 13.0. The highest BCUT2D eigenvalue weighted by Crippen LogP contribution is 2.21. The van der Waals surface area contributed by atoms with Gasteiger partial charge in [-0.15, -0.1) is 0 Å². The molecule has 1 heterocycles. The van der Waals surface area contributed by atoms with Crippen LogP contribution in [0.25, 0.3) is 0 Å². The number of carbonyl (C=O) groups excluding carboxylic acids is 2. The van der Waals surface area contributed by atoms with Crippen molar-refractivity contribution in [3.8, 4) is 0 Å². The molecule has 0 unspecified atom stereocenters. The van der Waals surface area contributed by atoms with Gasteiger partial charge in [0.2, 0.25) is 11.9 Å². The molecule has 6 heteroatoms. The van der Waals surface area contributed by atoms with Crippen molar-refractivity contribution >= 4 is 11.9 Å². The third kappa shape index (κ3) is 4.82. The molecule has 1 atom stereocenters. The van der Waals surface area contributed by atoms with Gasteiger partial charge in [-0.2, -0.15) is 0 Å². The molecule has 138 valence electrons. The molecule has 1 aromatic heterocycles. The van der Waals surface area contributed by atoms with Gasteiger partial charge in [0, 0.05) is 12.1 Å². The Morgan fingerprint density at radius 2 is 1.78 bits per heavy atom. The van der Waals surface area contributed by atoms with Crippen molar-refractivity contribution in [3.63, 3.8) is 0 Å². The van der Waals surface area contributed by atoms with Gasteiger partial charge in [-0.1, -0.05) is 42.0 Å². The Kier molecular flexibility index (Phi) is 5.66. The quantitative estimate of drug-likeness (QED) is 0.670. The average molecular weight is 367 g/mol. The third-order valence-corrected chi connectivity index (χ3v) is 3.95. The molecule has 0 radical (unpaired) electrons. The van der Waals surface area contributed by atoms with Gasteiger partial charge in [-0.3, -0.25) is 4.79 Å². The second-order valence-corrected chi connectivity index (χ2v) is 6.02. The van der Waals surface area contributed by atoms with Crippen molar-refractivity contribution in [1.82, 2.24) is 5.32 Å².